The highest BCUT2D eigenvalue weighted by Crippen LogP contribution is 2.28. The summed E-state index contributed by atoms with van der Waals surface area (Å²) in [5, 5.41) is 19.1. The largest absolute Gasteiger partial charge is 0.465 e. The third kappa shape index (κ3) is 2.36. The van der Waals surface area contributed by atoms with Crippen molar-refractivity contribution in [2.45, 2.75) is 0 Å². The van der Waals surface area contributed by atoms with Gasteiger partial charge in [0.15, 0.2) is 5.69 Å². The lowest BCUT2D eigenvalue weighted by atomic mass is 10.2. The minimum absolute atomic E-state index is 0.263. The van der Waals surface area contributed by atoms with Crippen LogP contribution < -0.4 is 0 Å². The van der Waals surface area contributed by atoms with Crippen LogP contribution in [0.15, 0.2) is 41.8 Å². The van der Waals surface area contributed by atoms with E-state index in [1.165, 1.54) is 18.4 Å². The van der Waals surface area contributed by atoms with Crippen molar-refractivity contribution in [3.05, 3.63) is 53.0 Å². The van der Waals surface area contributed by atoms with Gasteiger partial charge in [-0.3, -0.25) is 0 Å². The molecule has 7 heteroatoms. The molecule has 0 aliphatic heterocycles. The quantitative estimate of drug-likeness (QED) is 0.695. The van der Waals surface area contributed by atoms with Crippen molar-refractivity contribution in [3.63, 3.8) is 0 Å². The monoisotopic (exact) mass is 310 g/mol. The van der Waals surface area contributed by atoms with Crippen molar-refractivity contribution < 1.29 is 9.53 Å². The molecule has 0 unspecified atom stereocenters. The molecule has 0 aliphatic carbocycles. The van der Waals surface area contributed by atoms with E-state index in [1.54, 1.807) is 28.9 Å². The molecule has 2 heterocycles. The molecule has 22 heavy (non-hydrogen) atoms. The molecule has 0 bridgehead atoms. The number of esters is 1. The fraction of sp³-hybridized carbons (Fsp3) is 0.0667. The highest BCUT2D eigenvalue weighted by molar-refractivity contribution is 7.13. The molecule has 2 aromatic heterocycles. The molecule has 0 fully saturated rings. The second-order valence-electron chi connectivity index (χ2n) is 4.33. The number of benzene rings is 1. The molecule has 3 aromatic rings. The molecule has 0 spiro atoms. The topological polar surface area (TPSA) is 80.8 Å². The van der Waals surface area contributed by atoms with Crippen molar-refractivity contribution in [1.82, 2.24) is 15.0 Å². The number of carbonyl (C=O) groups excluding carboxylic acids is 1. The summed E-state index contributed by atoms with van der Waals surface area (Å²) < 4.78 is 6.26. The van der Waals surface area contributed by atoms with Gasteiger partial charge in [-0.05, 0) is 35.7 Å². The fourth-order valence-corrected chi connectivity index (χ4v) is 2.78. The predicted molar refractivity (Wildman–Crippen MR) is 80.7 cm³/mol. The Morgan fingerprint density at radius 3 is 2.68 bits per heavy atom. The number of nitriles is 1. The van der Waals surface area contributed by atoms with Crippen LogP contribution >= 0.6 is 11.3 Å². The average molecular weight is 310 g/mol. The first-order valence-electron chi connectivity index (χ1n) is 6.33. The van der Waals surface area contributed by atoms with Gasteiger partial charge in [-0.15, -0.1) is 16.4 Å². The Morgan fingerprint density at radius 2 is 2.09 bits per heavy atom. The summed E-state index contributed by atoms with van der Waals surface area (Å²) in [6.45, 7) is 0. The number of methoxy groups -OCH3 is 1. The number of rotatable bonds is 3. The van der Waals surface area contributed by atoms with Gasteiger partial charge in [0.25, 0.3) is 0 Å². The molecular weight excluding hydrogens is 300 g/mol. The lowest BCUT2D eigenvalue weighted by Gasteiger charge is -2.06. The summed E-state index contributed by atoms with van der Waals surface area (Å²) in [6.07, 6.45) is 0. The SMILES string of the molecule is COC(=O)c1ccc(-n2nnc(C#N)c2-c2cccs2)cc1. The Morgan fingerprint density at radius 1 is 1.32 bits per heavy atom. The third-order valence-corrected chi connectivity index (χ3v) is 3.94. The molecule has 6 nitrogen and oxygen atoms in total. The Balaban J connectivity index is 2.08. The van der Waals surface area contributed by atoms with Crippen LogP contribution in [0.4, 0.5) is 0 Å². The van der Waals surface area contributed by atoms with Gasteiger partial charge in [0.2, 0.25) is 0 Å². The Hall–Kier alpha value is -2.98. The van der Waals surface area contributed by atoms with Gasteiger partial charge in [-0.25, -0.2) is 9.48 Å². The number of aromatic nitrogens is 3. The number of nitrogens with zero attached hydrogens (tertiary/aromatic N) is 4. The van der Waals surface area contributed by atoms with Crippen molar-refractivity contribution >= 4 is 17.3 Å². The van der Waals surface area contributed by atoms with Crippen LogP contribution in [0.3, 0.4) is 0 Å². The molecule has 0 saturated heterocycles. The second kappa shape index (κ2) is 5.79. The summed E-state index contributed by atoms with van der Waals surface area (Å²) >= 11 is 1.50. The maximum Gasteiger partial charge on any atom is 0.337 e. The van der Waals surface area contributed by atoms with Crippen LogP contribution in [0.5, 0.6) is 0 Å². The predicted octanol–water partition coefficient (Wildman–Crippen LogP) is 2.65. The van der Waals surface area contributed by atoms with Crippen molar-refractivity contribution in [2.24, 2.45) is 0 Å². The van der Waals surface area contributed by atoms with E-state index in [-0.39, 0.29) is 5.69 Å². The van der Waals surface area contributed by atoms with Crippen LogP contribution in [0.25, 0.3) is 16.3 Å². The molecule has 3 rings (SSSR count). The van der Waals surface area contributed by atoms with Gasteiger partial charge in [-0.2, -0.15) is 5.26 Å². The molecule has 1 aromatic carbocycles. The number of hydrogen-bond acceptors (Lipinski definition) is 6. The van der Waals surface area contributed by atoms with E-state index in [0.717, 1.165) is 4.88 Å². The van der Waals surface area contributed by atoms with Gasteiger partial charge in [0.05, 0.1) is 23.2 Å². The maximum absolute atomic E-state index is 11.5. The molecule has 0 radical (unpaired) electrons. The van der Waals surface area contributed by atoms with Crippen LogP contribution in [0.2, 0.25) is 0 Å². The van der Waals surface area contributed by atoms with E-state index < -0.39 is 5.97 Å². The van der Waals surface area contributed by atoms with Crippen LogP contribution in [0.1, 0.15) is 16.1 Å². The molecule has 108 valence electrons. The molecular formula is C15H10N4O2S. The summed E-state index contributed by atoms with van der Waals surface area (Å²) in [5.41, 5.74) is 2.07. The van der Waals surface area contributed by atoms with E-state index in [1.807, 2.05) is 17.5 Å². The summed E-state index contributed by atoms with van der Waals surface area (Å²) in [4.78, 5) is 12.4. The summed E-state index contributed by atoms with van der Waals surface area (Å²) in [5.74, 6) is -0.402. The zero-order valence-corrected chi connectivity index (χ0v) is 12.4. The van der Waals surface area contributed by atoms with E-state index in [0.29, 0.717) is 16.9 Å². The van der Waals surface area contributed by atoms with E-state index >= 15 is 0 Å². The smallest absolute Gasteiger partial charge is 0.337 e. The summed E-state index contributed by atoms with van der Waals surface area (Å²) in [7, 11) is 1.34. The van der Waals surface area contributed by atoms with E-state index in [9.17, 15) is 10.1 Å². The van der Waals surface area contributed by atoms with E-state index in [2.05, 4.69) is 21.1 Å². The van der Waals surface area contributed by atoms with Gasteiger partial charge >= 0.3 is 5.97 Å². The highest BCUT2D eigenvalue weighted by Gasteiger charge is 2.17. The van der Waals surface area contributed by atoms with Crippen molar-refractivity contribution in [1.29, 1.82) is 5.26 Å². The van der Waals surface area contributed by atoms with Gasteiger partial charge in [0, 0.05) is 0 Å². The normalized spacial score (nSPS) is 10.2. The Bertz CT molecular complexity index is 845. The number of hydrogen-bond donors (Lipinski definition) is 0. The Kier molecular flexibility index (Phi) is 3.68. The Labute approximate surface area is 130 Å². The minimum atomic E-state index is -0.402. The zero-order valence-electron chi connectivity index (χ0n) is 11.6. The molecule has 0 amide bonds. The van der Waals surface area contributed by atoms with Crippen LogP contribution in [-0.4, -0.2) is 28.1 Å². The first kappa shape index (κ1) is 14.0. The number of ether oxygens (including phenoxy) is 1. The molecule has 0 saturated carbocycles. The minimum Gasteiger partial charge on any atom is -0.465 e. The van der Waals surface area contributed by atoms with Gasteiger partial charge in [0.1, 0.15) is 11.8 Å². The van der Waals surface area contributed by atoms with Crippen molar-refractivity contribution in [3.8, 4) is 22.3 Å². The summed E-state index contributed by atoms with van der Waals surface area (Å²) in [6, 6.07) is 12.6. The number of carbonyl (C=O) groups is 1. The molecule has 0 aliphatic rings. The zero-order chi connectivity index (χ0) is 15.5. The van der Waals surface area contributed by atoms with Crippen LogP contribution in [0, 0.1) is 11.3 Å². The maximum atomic E-state index is 11.5. The highest BCUT2D eigenvalue weighted by atomic mass is 32.1. The molecule has 0 atom stereocenters. The lowest BCUT2D eigenvalue weighted by Crippen LogP contribution is -2.03. The fourth-order valence-electron chi connectivity index (χ4n) is 2.03. The second-order valence-corrected chi connectivity index (χ2v) is 5.27. The lowest BCUT2D eigenvalue weighted by molar-refractivity contribution is 0.0601. The first-order valence-corrected chi connectivity index (χ1v) is 7.21. The number of thiophene rings is 1. The standard InChI is InChI=1S/C15H10N4O2S/c1-21-15(20)10-4-6-11(7-5-10)19-14(12(9-16)17-18-19)13-3-2-8-22-13/h2-8H,1H3. The molecule has 0 N–H and O–H groups in total. The van der Waals surface area contributed by atoms with Gasteiger partial charge < -0.3 is 4.74 Å². The van der Waals surface area contributed by atoms with Gasteiger partial charge in [-0.1, -0.05) is 11.3 Å². The van der Waals surface area contributed by atoms with Crippen molar-refractivity contribution in [2.75, 3.05) is 7.11 Å². The third-order valence-electron chi connectivity index (χ3n) is 3.06. The first-order chi connectivity index (χ1) is 10.7. The average Bonchev–Trinajstić information content (AvgIpc) is 3.22. The van der Waals surface area contributed by atoms with E-state index in [4.69, 9.17) is 0 Å². The van der Waals surface area contributed by atoms with Crippen LogP contribution in [-0.2, 0) is 4.74 Å².